The molecule has 9 nitrogen and oxygen atoms in total. The smallest absolute Gasteiger partial charge is 0.416 e. The third-order valence-electron chi connectivity index (χ3n) is 4.89. The maximum Gasteiger partial charge on any atom is 0.416 e. The highest BCUT2D eigenvalue weighted by atomic mass is 19.4. The molecule has 0 aliphatic rings. The van der Waals surface area contributed by atoms with Crippen LogP contribution in [0.2, 0.25) is 0 Å². The summed E-state index contributed by atoms with van der Waals surface area (Å²) in [5.41, 5.74) is -0.474. The van der Waals surface area contributed by atoms with Crippen molar-refractivity contribution in [3.63, 3.8) is 0 Å². The van der Waals surface area contributed by atoms with Crippen LogP contribution in [-0.4, -0.2) is 56.1 Å². The molecule has 0 radical (unpaired) electrons. The Bertz CT molecular complexity index is 1230. The molecule has 0 saturated heterocycles. The Morgan fingerprint density at radius 2 is 1.70 bits per heavy atom. The van der Waals surface area contributed by atoms with E-state index in [1.807, 2.05) is 19.0 Å². The Balaban J connectivity index is 1.67. The number of alkyl halides is 3. The fourth-order valence-corrected chi connectivity index (χ4v) is 3.02. The number of carbonyl (C=O) groups is 2. The Morgan fingerprint density at radius 1 is 0.973 bits per heavy atom. The van der Waals surface area contributed by atoms with Gasteiger partial charge in [-0.1, -0.05) is 0 Å². The fraction of sp³-hybridized carbons (Fsp3) is 0.240. The number of ether oxygens (including phenoxy) is 2. The van der Waals surface area contributed by atoms with Crippen molar-refractivity contribution in [2.75, 3.05) is 44.9 Å². The van der Waals surface area contributed by atoms with E-state index in [4.69, 9.17) is 9.47 Å². The summed E-state index contributed by atoms with van der Waals surface area (Å²) in [6, 6.07) is 11.5. The summed E-state index contributed by atoms with van der Waals surface area (Å²) in [4.78, 5) is 30.1. The highest BCUT2D eigenvalue weighted by molar-refractivity contribution is 6.00. The molecule has 3 aromatic rings. The van der Waals surface area contributed by atoms with Gasteiger partial charge in [-0.15, -0.1) is 0 Å². The molecule has 3 amide bonds. The SMILES string of the molecule is CNC(=O)c1cc(Oc2ccc(NC(=O)Nc3cc(C(F)(F)F)ccc3OCCN(C)C)cc2)ccn1. The Morgan fingerprint density at radius 3 is 2.35 bits per heavy atom. The minimum atomic E-state index is -4.58. The van der Waals surface area contributed by atoms with E-state index in [1.54, 1.807) is 30.3 Å². The lowest BCUT2D eigenvalue weighted by Crippen LogP contribution is -2.22. The summed E-state index contributed by atoms with van der Waals surface area (Å²) in [5, 5.41) is 7.46. The van der Waals surface area contributed by atoms with Crippen LogP contribution >= 0.6 is 0 Å². The van der Waals surface area contributed by atoms with Gasteiger partial charge in [0.25, 0.3) is 5.91 Å². The molecule has 0 unspecified atom stereocenters. The number of hydrogen-bond acceptors (Lipinski definition) is 6. The van der Waals surface area contributed by atoms with Crippen molar-refractivity contribution in [3.05, 3.63) is 72.1 Å². The first-order chi connectivity index (χ1) is 17.5. The van der Waals surface area contributed by atoms with Crippen molar-refractivity contribution in [3.8, 4) is 17.2 Å². The second-order valence-corrected chi connectivity index (χ2v) is 8.02. The Labute approximate surface area is 211 Å². The lowest BCUT2D eigenvalue weighted by Gasteiger charge is -2.17. The first-order valence-corrected chi connectivity index (χ1v) is 11.1. The third-order valence-corrected chi connectivity index (χ3v) is 4.89. The summed E-state index contributed by atoms with van der Waals surface area (Å²) in [7, 11) is 5.15. The molecular weight excluding hydrogens is 491 g/mol. The van der Waals surface area contributed by atoms with E-state index in [1.165, 1.54) is 25.4 Å². The molecule has 0 fully saturated rings. The number of anilines is 2. The van der Waals surface area contributed by atoms with Crippen molar-refractivity contribution in [2.24, 2.45) is 0 Å². The van der Waals surface area contributed by atoms with Gasteiger partial charge in [-0.2, -0.15) is 13.2 Å². The average molecular weight is 518 g/mol. The molecule has 37 heavy (non-hydrogen) atoms. The van der Waals surface area contributed by atoms with Crippen LogP contribution in [0.4, 0.5) is 29.3 Å². The van der Waals surface area contributed by atoms with E-state index < -0.39 is 17.8 Å². The molecule has 196 valence electrons. The standard InChI is InChI=1S/C25H26F3N5O4/c1-29-23(34)21-15-19(10-11-30-21)37-18-7-5-17(6-8-18)31-24(35)32-20-14-16(25(26,27)28)4-9-22(20)36-13-12-33(2)3/h4-11,14-15H,12-13H2,1-3H3,(H,29,34)(H2,31,32,35). The summed E-state index contributed by atoms with van der Waals surface area (Å²) < 4.78 is 50.9. The number of carbonyl (C=O) groups excluding carboxylic acids is 2. The van der Waals surface area contributed by atoms with Gasteiger partial charge < -0.3 is 30.3 Å². The molecule has 1 aromatic heterocycles. The first kappa shape index (κ1) is 27.3. The van der Waals surface area contributed by atoms with Crippen LogP contribution in [-0.2, 0) is 6.18 Å². The molecule has 3 rings (SSSR count). The molecule has 0 bridgehead atoms. The van der Waals surface area contributed by atoms with Crippen molar-refractivity contribution < 1.29 is 32.2 Å². The summed E-state index contributed by atoms with van der Waals surface area (Å²) >= 11 is 0. The molecule has 12 heteroatoms. The monoisotopic (exact) mass is 517 g/mol. The van der Waals surface area contributed by atoms with Gasteiger partial charge in [0.2, 0.25) is 0 Å². The minimum absolute atomic E-state index is 0.113. The molecule has 0 aliphatic heterocycles. The number of rotatable bonds is 9. The molecule has 0 spiro atoms. The Kier molecular flexibility index (Phi) is 8.90. The highest BCUT2D eigenvalue weighted by Crippen LogP contribution is 2.35. The minimum Gasteiger partial charge on any atom is -0.490 e. The third kappa shape index (κ3) is 8.10. The molecule has 0 atom stereocenters. The van der Waals surface area contributed by atoms with Gasteiger partial charge in [0, 0.05) is 31.5 Å². The second-order valence-electron chi connectivity index (χ2n) is 8.02. The van der Waals surface area contributed by atoms with Crippen molar-refractivity contribution in [1.29, 1.82) is 0 Å². The lowest BCUT2D eigenvalue weighted by atomic mass is 10.2. The quantitative estimate of drug-likeness (QED) is 0.375. The van der Waals surface area contributed by atoms with E-state index in [-0.39, 0.29) is 29.6 Å². The number of halogens is 3. The predicted octanol–water partition coefficient (Wildman–Crippen LogP) is 4.84. The van der Waals surface area contributed by atoms with Crippen molar-refractivity contribution in [2.45, 2.75) is 6.18 Å². The van der Waals surface area contributed by atoms with Crippen LogP contribution in [0, 0.1) is 0 Å². The molecule has 1 heterocycles. The first-order valence-electron chi connectivity index (χ1n) is 11.1. The van der Waals surface area contributed by atoms with Gasteiger partial charge in [0.05, 0.1) is 11.3 Å². The van der Waals surface area contributed by atoms with E-state index in [0.29, 0.717) is 23.7 Å². The van der Waals surface area contributed by atoms with E-state index in [0.717, 1.165) is 12.1 Å². The van der Waals surface area contributed by atoms with Crippen molar-refractivity contribution >= 4 is 23.3 Å². The number of aromatic nitrogens is 1. The van der Waals surface area contributed by atoms with Crippen LogP contribution in [0.25, 0.3) is 0 Å². The van der Waals surface area contributed by atoms with E-state index in [2.05, 4.69) is 20.9 Å². The number of likely N-dealkylation sites (N-methyl/N-ethyl adjacent to an activating group) is 1. The van der Waals surface area contributed by atoms with Gasteiger partial charge in [-0.25, -0.2) is 4.79 Å². The zero-order valence-corrected chi connectivity index (χ0v) is 20.3. The largest absolute Gasteiger partial charge is 0.490 e. The number of nitrogens with one attached hydrogen (secondary N) is 3. The van der Waals surface area contributed by atoms with Gasteiger partial charge >= 0.3 is 12.2 Å². The summed E-state index contributed by atoms with van der Waals surface area (Å²) in [6.07, 6.45) is -3.15. The number of pyridine rings is 1. The number of amides is 3. The number of hydrogen-bond donors (Lipinski definition) is 3. The van der Waals surface area contributed by atoms with E-state index >= 15 is 0 Å². The highest BCUT2D eigenvalue weighted by Gasteiger charge is 2.31. The topological polar surface area (TPSA) is 105 Å². The van der Waals surface area contributed by atoms with E-state index in [9.17, 15) is 22.8 Å². The molecular formula is C25H26F3N5O4. The van der Waals surface area contributed by atoms with Gasteiger partial charge in [-0.3, -0.25) is 9.78 Å². The zero-order valence-electron chi connectivity index (χ0n) is 20.3. The van der Waals surface area contributed by atoms with Gasteiger partial charge in [0.15, 0.2) is 0 Å². The summed E-state index contributed by atoms with van der Waals surface area (Å²) in [5.74, 6) is 0.568. The number of nitrogens with zero attached hydrogens (tertiary/aromatic N) is 2. The van der Waals surface area contributed by atoms with Gasteiger partial charge in [-0.05, 0) is 62.6 Å². The zero-order chi connectivity index (χ0) is 27.0. The Hall–Kier alpha value is -4.32. The lowest BCUT2D eigenvalue weighted by molar-refractivity contribution is -0.137. The van der Waals surface area contributed by atoms with Crippen LogP contribution < -0.4 is 25.4 Å². The molecule has 2 aromatic carbocycles. The number of urea groups is 1. The predicted molar refractivity (Wildman–Crippen MR) is 132 cm³/mol. The molecule has 0 saturated carbocycles. The fourth-order valence-electron chi connectivity index (χ4n) is 3.02. The maximum atomic E-state index is 13.2. The maximum absolute atomic E-state index is 13.2. The van der Waals surface area contributed by atoms with Crippen LogP contribution in [0.5, 0.6) is 17.2 Å². The summed E-state index contributed by atoms with van der Waals surface area (Å²) in [6.45, 7) is 0.756. The average Bonchev–Trinajstić information content (AvgIpc) is 2.85. The van der Waals surface area contributed by atoms with Crippen LogP contribution in [0.15, 0.2) is 60.8 Å². The van der Waals surface area contributed by atoms with Gasteiger partial charge in [0.1, 0.15) is 29.5 Å². The van der Waals surface area contributed by atoms with Crippen LogP contribution in [0.3, 0.4) is 0 Å². The molecule has 0 aliphatic carbocycles. The number of benzene rings is 2. The van der Waals surface area contributed by atoms with Crippen molar-refractivity contribution in [1.82, 2.24) is 15.2 Å². The second kappa shape index (κ2) is 12.1. The molecule has 3 N–H and O–H groups in total. The normalized spacial score (nSPS) is 11.1. The van der Waals surface area contributed by atoms with Crippen LogP contribution in [0.1, 0.15) is 16.1 Å².